The minimum absolute atomic E-state index is 0.0309. The molecule has 1 aromatic rings. The highest BCUT2D eigenvalue weighted by molar-refractivity contribution is 6.35. The van der Waals surface area contributed by atoms with Crippen molar-refractivity contribution in [3.63, 3.8) is 0 Å². The molecule has 2 aliphatic carbocycles. The Bertz CT molecular complexity index is 860. The fraction of sp³-hybridized carbons (Fsp3) is 0.571. The lowest BCUT2D eigenvalue weighted by molar-refractivity contribution is -0.144. The number of hydrogen-bond donors (Lipinski definition) is 1. The van der Waals surface area contributed by atoms with Gasteiger partial charge in [0.25, 0.3) is 0 Å². The molecule has 2 saturated carbocycles. The van der Waals surface area contributed by atoms with Gasteiger partial charge < -0.3 is 10.2 Å². The summed E-state index contributed by atoms with van der Waals surface area (Å²) in [5, 5.41) is 13.4. The lowest BCUT2D eigenvalue weighted by Gasteiger charge is -2.36. The normalized spacial score (nSPS) is 25.4. The maximum atomic E-state index is 13.3. The highest BCUT2D eigenvalue weighted by Gasteiger charge is 2.47. The first-order valence-electron chi connectivity index (χ1n) is 9.91. The smallest absolute Gasteiger partial charge is 0.226 e. The van der Waals surface area contributed by atoms with E-state index in [1.165, 1.54) is 0 Å². The molecule has 0 unspecified atom stereocenters. The summed E-state index contributed by atoms with van der Waals surface area (Å²) < 4.78 is 0. The van der Waals surface area contributed by atoms with Crippen LogP contribution in [-0.2, 0) is 22.6 Å². The molecule has 1 aromatic carbocycles. The van der Waals surface area contributed by atoms with E-state index in [-0.39, 0.29) is 23.7 Å². The quantitative estimate of drug-likeness (QED) is 0.807. The molecule has 0 radical (unpaired) electrons. The molecule has 7 heteroatoms. The Hall–Kier alpha value is -1.77. The number of rotatable bonds is 3. The van der Waals surface area contributed by atoms with E-state index >= 15 is 0 Å². The van der Waals surface area contributed by atoms with Crippen LogP contribution in [0.3, 0.4) is 0 Å². The third kappa shape index (κ3) is 3.73. The van der Waals surface area contributed by atoms with Gasteiger partial charge in [0.15, 0.2) is 0 Å². The van der Waals surface area contributed by atoms with Crippen LogP contribution >= 0.6 is 23.2 Å². The topological polar surface area (TPSA) is 73.2 Å². The number of amides is 2. The maximum absolute atomic E-state index is 13.3. The molecule has 1 aliphatic heterocycles. The zero-order valence-electron chi connectivity index (χ0n) is 15.6. The number of carbonyl (C=O) groups is 2. The van der Waals surface area contributed by atoms with E-state index in [1.54, 1.807) is 6.07 Å². The van der Waals surface area contributed by atoms with Crippen molar-refractivity contribution in [3.05, 3.63) is 33.3 Å². The molecule has 4 rings (SSSR count). The number of nitriles is 1. The van der Waals surface area contributed by atoms with Gasteiger partial charge in [0, 0.05) is 35.0 Å². The molecule has 3 aliphatic rings. The van der Waals surface area contributed by atoms with E-state index in [1.807, 2.05) is 11.0 Å². The van der Waals surface area contributed by atoms with E-state index in [0.717, 1.165) is 30.4 Å². The molecule has 148 valence electrons. The zero-order chi connectivity index (χ0) is 19.9. The largest absolute Gasteiger partial charge is 0.338 e. The molecule has 28 heavy (non-hydrogen) atoms. The fourth-order valence-corrected chi connectivity index (χ4v) is 5.12. The first-order valence-corrected chi connectivity index (χ1v) is 10.7. The van der Waals surface area contributed by atoms with Gasteiger partial charge >= 0.3 is 0 Å². The highest BCUT2D eigenvalue weighted by Crippen LogP contribution is 2.38. The van der Waals surface area contributed by atoms with Crippen molar-refractivity contribution in [2.24, 2.45) is 11.8 Å². The van der Waals surface area contributed by atoms with Crippen LogP contribution in [0.1, 0.15) is 49.7 Å². The summed E-state index contributed by atoms with van der Waals surface area (Å²) in [5.74, 6) is -0.778. The summed E-state index contributed by atoms with van der Waals surface area (Å²) in [6.45, 7) is 1.07. The molecule has 0 aromatic heterocycles. The number of fused-ring (bicyclic) bond motifs is 1. The van der Waals surface area contributed by atoms with Crippen LogP contribution in [0, 0.1) is 23.2 Å². The third-order valence-electron chi connectivity index (χ3n) is 6.30. The van der Waals surface area contributed by atoms with E-state index in [4.69, 9.17) is 23.2 Å². The molecule has 0 bridgehead atoms. The summed E-state index contributed by atoms with van der Waals surface area (Å²) in [6, 6.07) is 5.81. The fourth-order valence-electron chi connectivity index (χ4n) is 4.49. The number of hydrogen-bond acceptors (Lipinski definition) is 3. The molecule has 2 amide bonds. The predicted octanol–water partition coefficient (Wildman–Crippen LogP) is 3.86. The minimum Gasteiger partial charge on any atom is -0.338 e. The molecular formula is C21H23Cl2N3O2. The van der Waals surface area contributed by atoms with Crippen LogP contribution in [-0.4, -0.2) is 28.8 Å². The van der Waals surface area contributed by atoms with Gasteiger partial charge in [0.1, 0.15) is 5.54 Å². The van der Waals surface area contributed by atoms with Gasteiger partial charge in [-0.1, -0.05) is 36.0 Å². The van der Waals surface area contributed by atoms with Crippen molar-refractivity contribution in [3.8, 4) is 6.07 Å². The Morgan fingerprint density at radius 2 is 1.89 bits per heavy atom. The second kappa shape index (κ2) is 7.57. The van der Waals surface area contributed by atoms with Crippen molar-refractivity contribution < 1.29 is 9.59 Å². The molecule has 2 atom stereocenters. The van der Waals surface area contributed by atoms with Gasteiger partial charge in [-0.15, -0.1) is 0 Å². The van der Waals surface area contributed by atoms with Crippen LogP contribution < -0.4 is 5.32 Å². The lowest BCUT2D eigenvalue weighted by Crippen LogP contribution is -2.48. The average molecular weight is 420 g/mol. The van der Waals surface area contributed by atoms with Crippen molar-refractivity contribution >= 4 is 35.0 Å². The maximum Gasteiger partial charge on any atom is 0.226 e. The molecular weight excluding hydrogens is 397 g/mol. The first kappa shape index (κ1) is 19.5. The molecule has 1 N–H and O–H groups in total. The van der Waals surface area contributed by atoms with Crippen molar-refractivity contribution in [2.75, 3.05) is 6.54 Å². The monoisotopic (exact) mass is 419 g/mol. The SMILES string of the molecule is N#CC1(NC(=O)[C@@H]2CCCC[C@H]2C(=O)N2CCc3c(Cl)cc(Cl)cc3C2)CC1. The number of nitrogens with one attached hydrogen (secondary N) is 1. The van der Waals surface area contributed by atoms with E-state index < -0.39 is 5.54 Å². The molecule has 0 saturated heterocycles. The van der Waals surface area contributed by atoms with Gasteiger partial charge in [-0.05, 0) is 55.4 Å². The number of benzene rings is 1. The van der Waals surface area contributed by atoms with E-state index in [2.05, 4.69) is 11.4 Å². The summed E-state index contributed by atoms with van der Waals surface area (Å²) >= 11 is 12.4. The van der Waals surface area contributed by atoms with Gasteiger partial charge in [0.2, 0.25) is 11.8 Å². The van der Waals surface area contributed by atoms with Crippen molar-refractivity contribution in [1.29, 1.82) is 5.26 Å². The summed E-state index contributed by atoms with van der Waals surface area (Å²) in [4.78, 5) is 28.0. The molecule has 1 heterocycles. The van der Waals surface area contributed by atoms with Crippen molar-refractivity contribution in [2.45, 2.75) is 57.0 Å². The highest BCUT2D eigenvalue weighted by atomic mass is 35.5. The zero-order valence-corrected chi connectivity index (χ0v) is 17.2. The van der Waals surface area contributed by atoms with Gasteiger partial charge in [-0.3, -0.25) is 9.59 Å². The van der Waals surface area contributed by atoms with E-state index in [9.17, 15) is 14.9 Å². The van der Waals surface area contributed by atoms with Crippen LogP contribution in [0.15, 0.2) is 12.1 Å². The third-order valence-corrected chi connectivity index (χ3v) is 6.86. The van der Waals surface area contributed by atoms with Gasteiger partial charge in [-0.2, -0.15) is 5.26 Å². The Labute approximate surface area is 175 Å². The minimum atomic E-state index is -0.695. The lowest BCUT2D eigenvalue weighted by atomic mass is 9.77. The van der Waals surface area contributed by atoms with Crippen LogP contribution in [0.25, 0.3) is 0 Å². The summed E-state index contributed by atoms with van der Waals surface area (Å²) in [7, 11) is 0. The van der Waals surface area contributed by atoms with Gasteiger partial charge in [0.05, 0.1) is 6.07 Å². The van der Waals surface area contributed by atoms with Crippen LogP contribution in [0.4, 0.5) is 0 Å². The predicted molar refractivity (Wildman–Crippen MR) is 107 cm³/mol. The van der Waals surface area contributed by atoms with E-state index in [0.29, 0.717) is 48.8 Å². The standard InChI is InChI=1S/C21H23Cl2N3O2/c22-14-9-13-11-26(8-5-15(13)18(23)10-14)20(28)17-4-2-1-3-16(17)19(27)25-21(12-24)6-7-21/h9-10,16-17H,1-8,11H2,(H,25,27)/t16-,17-/m1/s1. The summed E-state index contributed by atoms with van der Waals surface area (Å²) in [5.41, 5.74) is 1.34. The van der Waals surface area contributed by atoms with Gasteiger partial charge in [-0.25, -0.2) is 0 Å². The second-order valence-corrected chi connectivity index (χ2v) is 9.06. The van der Waals surface area contributed by atoms with Crippen LogP contribution in [0.5, 0.6) is 0 Å². The van der Waals surface area contributed by atoms with Crippen molar-refractivity contribution in [1.82, 2.24) is 10.2 Å². The first-order chi connectivity index (χ1) is 13.4. The Kier molecular flexibility index (Phi) is 5.28. The number of carbonyl (C=O) groups excluding carboxylic acids is 2. The Morgan fingerprint density at radius 3 is 2.57 bits per heavy atom. The molecule has 0 spiro atoms. The Balaban J connectivity index is 1.49. The summed E-state index contributed by atoms with van der Waals surface area (Å²) in [6.07, 6.45) is 5.40. The van der Waals surface area contributed by atoms with Crippen LogP contribution in [0.2, 0.25) is 10.0 Å². The number of nitrogens with zero attached hydrogens (tertiary/aromatic N) is 2. The average Bonchev–Trinajstić information content (AvgIpc) is 3.46. The number of halogens is 2. The molecule has 5 nitrogen and oxygen atoms in total. The Morgan fingerprint density at radius 1 is 1.18 bits per heavy atom. The second-order valence-electron chi connectivity index (χ2n) is 8.22. The molecule has 2 fully saturated rings.